The molecule has 1 aromatic rings. The normalized spacial score (nSPS) is 16.7. The molecule has 6 nitrogen and oxygen atoms in total. The molecule has 7 heteroatoms. The van der Waals surface area contributed by atoms with Crippen LogP contribution in [0.5, 0.6) is 0 Å². The number of likely N-dealkylation sites (tertiary alicyclic amines) is 1. The summed E-state index contributed by atoms with van der Waals surface area (Å²) in [6.45, 7) is 7.92. The number of ketones is 1. The Morgan fingerprint density at radius 2 is 1.93 bits per heavy atom. The smallest absolute Gasteiger partial charge is 0.407 e. The fraction of sp³-hybridized carbons (Fsp3) is 0.550. The van der Waals surface area contributed by atoms with Crippen molar-refractivity contribution in [2.24, 2.45) is 0 Å². The molecule has 1 heterocycles. The first-order valence-electron chi connectivity index (χ1n) is 9.11. The summed E-state index contributed by atoms with van der Waals surface area (Å²) >= 11 is 0. The Kier molecular flexibility index (Phi) is 8.34. The Morgan fingerprint density at radius 1 is 1.26 bits per heavy atom. The van der Waals surface area contributed by atoms with E-state index in [0.29, 0.717) is 24.9 Å². The number of hydrogen-bond donors (Lipinski definition) is 1. The Hall–Kier alpha value is -2.02. The van der Waals surface area contributed by atoms with E-state index in [-0.39, 0.29) is 31.7 Å². The van der Waals surface area contributed by atoms with Crippen LogP contribution in [-0.2, 0) is 16.0 Å². The second-order valence-corrected chi connectivity index (χ2v) is 7.45. The molecule has 1 aliphatic rings. The number of hydrogen-bond acceptors (Lipinski definition) is 4. The lowest BCUT2D eigenvalue weighted by atomic mass is 9.96. The SMILES string of the molecule is CCc1ccccc1C(=O)[C@@H]1CCC(=O)N1CCNC(=O)OC(C)(C)C.S. The van der Waals surface area contributed by atoms with Crippen molar-refractivity contribution in [2.45, 2.75) is 58.6 Å². The molecule has 150 valence electrons. The van der Waals surface area contributed by atoms with Crippen LogP contribution < -0.4 is 5.32 Å². The lowest BCUT2D eigenvalue weighted by Gasteiger charge is -2.25. The molecule has 0 radical (unpaired) electrons. The van der Waals surface area contributed by atoms with E-state index in [9.17, 15) is 14.4 Å². The van der Waals surface area contributed by atoms with Gasteiger partial charge in [-0.2, -0.15) is 13.5 Å². The number of carbonyl (C=O) groups is 3. The van der Waals surface area contributed by atoms with Crippen LogP contribution in [0.25, 0.3) is 0 Å². The minimum absolute atomic E-state index is 0. The second-order valence-electron chi connectivity index (χ2n) is 7.45. The van der Waals surface area contributed by atoms with Gasteiger partial charge >= 0.3 is 6.09 Å². The van der Waals surface area contributed by atoms with E-state index in [2.05, 4.69) is 5.32 Å². The Bertz CT molecular complexity index is 685. The van der Waals surface area contributed by atoms with Gasteiger partial charge in [0.1, 0.15) is 5.60 Å². The van der Waals surface area contributed by atoms with Crippen LogP contribution in [0.15, 0.2) is 24.3 Å². The molecule has 1 N–H and O–H groups in total. The third kappa shape index (κ3) is 6.27. The molecule has 2 rings (SSSR count). The zero-order valence-corrected chi connectivity index (χ0v) is 17.5. The first kappa shape index (κ1) is 23.0. The third-order valence-corrected chi connectivity index (χ3v) is 4.32. The van der Waals surface area contributed by atoms with Crippen LogP contribution in [0.3, 0.4) is 0 Å². The Labute approximate surface area is 168 Å². The highest BCUT2D eigenvalue weighted by molar-refractivity contribution is 7.59. The summed E-state index contributed by atoms with van der Waals surface area (Å²) < 4.78 is 5.18. The molecule has 0 spiro atoms. The molecular formula is C20H30N2O4S. The van der Waals surface area contributed by atoms with Gasteiger partial charge in [-0.25, -0.2) is 4.79 Å². The zero-order valence-electron chi connectivity index (χ0n) is 16.5. The number of benzene rings is 1. The third-order valence-electron chi connectivity index (χ3n) is 4.32. The summed E-state index contributed by atoms with van der Waals surface area (Å²) in [5, 5.41) is 2.64. The van der Waals surface area contributed by atoms with Gasteiger partial charge in [0.2, 0.25) is 5.91 Å². The van der Waals surface area contributed by atoms with Crippen LogP contribution >= 0.6 is 13.5 Å². The van der Waals surface area contributed by atoms with E-state index in [1.807, 2.05) is 31.2 Å². The number of carbonyl (C=O) groups excluding carboxylic acids is 3. The highest BCUT2D eigenvalue weighted by Crippen LogP contribution is 2.24. The molecule has 0 aromatic heterocycles. The maximum absolute atomic E-state index is 13.0. The van der Waals surface area contributed by atoms with Gasteiger partial charge in [0.05, 0.1) is 6.04 Å². The molecule has 0 bridgehead atoms. The maximum Gasteiger partial charge on any atom is 0.407 e. The van der Waals surface area contributed by atoms with E-state index >= 15 is 0 Å². The minimum Gasteiger partial charge on any atom is -0.444 e. The second kappa shape index (κ2) is 9.78. The number of Topliss-reactive ketones (excluding diaryl/α,β-unsaturated/α-hetero) is 1. The largest absolute Gasteiger partial charge is 0.444 e. The number of nitrogens with one attached hydrogen (secondary N) is 1. The van der Waals surface area contributed by atoms with Crippen LogP contribution in [0, 0.1) is 0 Å². The number of amides is 2. The molecule has 0 unspecified atom stereocenters. The van der Waals surface area contributed by atoms with Gasteiger partial charge in [0, 0.05) is 25.1 Å². The summed E-state index contributed by atoms with van der Waals surface area (Å²) in [6.07, 6.45) is 1.12. The Morgan fingerprint density at radius 3 is 2.56 bits per heavy atom. The van der Waals surface area contributed by atoms with Crippen molar-refractivity contribution >= 4 is 31.3 Å². The van der Waals surface area contributed by atoms with Crippen molar-refractivity contribution in [3.05, 3.63) is 35.4 Å². The van der Waals surface area contributed by atoms with Crippen molar-refractivity contribution in [3.63, 3.8) is 0 Å². The molecule has 2 amide bonds. The van der Waals surface area contributed by atoms with E-state index in [1.54, 1.807) is 25.7 Å². The number of alkyl carbamates (subject to hydrolysis) is 1. The lowest BCUT2D eigenvalue weighted by Crippen LogP contribution is -2.44. The molecule has 0 aliphatic carbocycles. The van der Waals surface area contributed by atoms with Gasteiger partial charge in [-0.05, 0) is 39.2 Å². The van der Waals surface area contributed by atoms with Gasteiger partial charge in [-0.3, -0.25) is 9.59 Å². The molecule has 1 saturated heterocycles. The standard InChI is InChI=1S/C20H28N2O4.H2S/c1-5-14-8-6-7-9-15(14)18(24)16-10-11-17(23)22(16)13-12-21-19(25)26-20(2,3)4;/h6-9,16H,5,10-13H2,1-4H3,(H,21,25);1H2/t16-;/m0./s1. The summed E-state index contributed by atoms with van der Waals surface area (Å²) in [4.78, 5) is 38.5. The average Bonchev–Trinajstić information content (AvgIpc) is 2.93. The molecule has 0 saturated carbocycles. The zero-order chi connectivity index (χ0) is 19.3. The molecular weight excluding hydrogens is 364 g/mol. The molecule has 1 aromatic carbocycles. The van der Waals surface area contributed by atoms with Crippen molar-refractivity contribution in [2.75, 3.05) is 13.1 Å². The number of nitrogens with zero attached hydrogens (tertiary/aromatic N) is 1. The van der Waals surface area contributed by atoms with E-state index in [1.165, 1.54) is 0 Å². The topological polar surface area (TPSA) is 75.7 Å². The van der Waals surface area contributed by atoms with Gasteiger partial charge in [-0.1, -0.05) is 31.2 Å². The summed E-state index contributed by atoms with van der Waals surface area (Å²) in [5.74, 6) is -0.0751. The highest BCUT2D eigenvalue weighted by atomic mass is 32.1. The highest BCUT2D eigenvalue weighted by Gasteiger charge is 2.36. The fourth-order valence-electron chi connectivity index (χ4n) is 3.13. The first-order valence-corrected chi connectivity index (χ1v) is 9.11. The van der Waals surface area contributed by atoms with Crippen molar-refractivity contribution < 1.29 is 19.1 Å². The Balaban J connectivity index is 0.00000364. The summed E-state index contributed by atoms with van der Waals surface area (Å²) in [7, 11) is 0. The van der Waals surface area contributed by atoms with Crippen molar-refractivity contribution in [1.29, 1.82) is 0 Å². The molecule has 1 aliphatic heterocycles. The van der Waals surface area contributed by atoms with E-state index in [4.69, 9.17) is 4.74 Å². The predicted octanol–water partition coefficient (Wildman–Crippen LogP) is 3.06. The van der Waals surface area contributed by atoms with Gasteiger partial charge in [0.25, 0.3) is 0 Å². The monoisotopic (exact) mass is 394 g/mol. The van der Waals surface area contributed by atoms with E-state index < -0.39 is 17.7 Å². The number of aryl methyl sites for hydroxylation is 1. The van der Waals surface area contributed by atoms with Crippen LogP contribution in [0.4, 0.5) is 4.79 Å². The van der Waals surface area contributed by atoms with Gasteiger partial charge in [0.15, 0.2) is 5.78 Å². The van der Waals surface area contributed by atoms with Crippen molar-refractivity contribution in [3.8, 4) is 0 Å². The first-order chi connectivity index (χ1) is 12.2. The van der Waals surface area contributed by atoms with E-state index in [0.717, 1.165) is 12.0 Å². The minimum atomic E-state index is -0.574. The van der Waals surface area contributed by atoms with Crippen molar-refractivity contribution in [1.82, 2.24) is 10.2 Å². The van der Waals surface area contributed by atoms with Gasteiger partial charge < -0.3 is 15.0 Å². The maximum atomic E-state index is 13.0. The molecule has 1 atom stereocenters. The fourth-order valence-corrected chi connectivity index (χ4v) is 3.13. The molecule has 27 heavy (non-hydrogen) atoms. The molecule has 1 fully saturated rings. The van der Waals surface area contributed by atoms with Crippen LogP contribution in [0.2, 0.25) is 0 Å². The van der Waals surface area contributed by atoms with Crippen LogP contribution in [0.1, 0.15) is 56.5 Å². The van der Waals surface area contributed by atoms with Gasteiger partial charge in [-0.15, -0.1) is 0 Å². The lowest BCUT2D eigenvalue weighted by molar-refractivity contribution is -0.128. The number of rotatable bonds is 6. The predicted molar refractivity (Wildman–Crippen MR) is 110 cm³/mol. The van der Waals surface area contributed by atoms with Crippen LogP contribution in [-0.4, -0.2) is 47.4 Å². The quantitative estimate of drug-likeness (QED) is 0.753. The summed E-state index contributed by atoms with van der Waals surface area (Å²) in [5.41, 5.74) is 1.10. The average molecular weight is 395 g/mol. The number of ether oxygens (including phenoxy) is 1. The summed E-state index contributed by atoms with van der Waals surface area (Å²) in [6, 6.07) is 7.06.